The average molecular weight is 268 g/mol. The first-order valence-corrected chi connectivity index (χ1v) is 7.62. The zero-order valence-corrected chi connectivity index (χ0v) is 10.9. The summed E-state index contributed by atoms with van der Waals surface area (Å²) >= 11 is 0. The van der Waals surface area contributed by atoms with Crippen LogP contribution >= 0.6 is 0 Å². The second-order valence-electron chi connectivity index (χ2n) is 4.70. The van der Waals surface area contributed by atoms with Crippen LogP contribution in [0.4, 0.5) is 0 Å². The highest BCUT2D eigenvalue weighted by molar-refractivity contribution is 7.90. The van der Waals surface area contributed by atoms with Gasteiger partial charge in [-0.3, -0.25) is 4.79 Å². The van der Waals surface area contributed by atoms with E-state index >= 15 is 0 Å². The fraction of sp³-hybridized carbons (Fsp3) is 0.417. The van der Waals surface area contributed by atoms with Gasteiger partial charge in [0.2, 0.25) is 0 Å². The Morgan fingerprint density at radius 2 is 2.06 bits per heavy atom. The van der Waals surface area contributed by atoms with Gasteiger partial charge in [-0.2, -0.15) is 0 Å². The Hall–Kier alpha value is -1.40. The monoisotopic (exact) mass is 268 g/mol. The summed E-state index contributed by atoms with van der Waals surface area (Å²) in [5, 5.41) is 2.83. The molecule has 1 aromatic carbocycles. The second kappa shape index (κ2) is 4.70. The summed E-state index contributed by atoms with van der Waals surface area (Å²) in [6.07, 6.45) is 2.67. The Bertz CT molecular complexity index is 562. The molecule has 3 N–H and O–H groups in total. The molecule has 98 valence electrons. The van der Waals surface area contributed by atoms with Crippen LogP contribution in [0.15, 0.2) is 29.2 Å². The Morgan fingerprint density at radius 3 is 2.61 bits per heavy atom. The summed E-state index contributed by atoms with van der Waals surface area (Å²) in [7, 11) is -3.29. The minimum atomic E-state index is -3.29. The van der Waals surface area contributed by atoms with Crippen molar-refractivity contribution in [3.8, 4) is 0 Å². The first-order valence-electron chi connectivity index (χ1n) is 5.73. The van der Waals surface area contributed by atoms with E-state index in [1.54, 1.807) is 12.1 Å². The van der Waals surface area contributed by atoms with Crippen molar-refractivity contribution in [1.29, 1.82) is 0 Å². The lowest BCUT2D eigenvalue weighted by Gasteiger charge is -2.32. The number of carbonyl (C=O) groups is 1. The largest absolute Gasteiger partial charge is 0.349 e. The zero-order chi connectivity index (χ0) is 13.3. The van der Waals surface area contributed by atoms with Gasteiger partial charge in [0, 0.05) is 23.9 Å². The number of benzene rings is 1. The smallest absolute Gasteiger partial charge is 0.251 e. The zero-order valence-electron chi connectivity index (χ0n) is 10.1. The number of hydrogen-bond acceptors (Lipinski definition) is 4. The van der Waals surface area contributed by atoms with E-state index in [1.807, 2.05) is 0 Å². The highest BCUT2D eigenvalue weighted by Crippen LogP contribution is 2.18. The number of rotatable bonds is 3. The van der Waals surface area contributed by atoms with Gasteiger partial charge in [0.25, 0.3) is 5.91 Å². The normalized spacial score (nSPS) is 23.2. The lowest BCUT2D eigenvalue weighted by atomic mass is 9.87. The molecule has 1 aromatic rings. The van der Waals surface area contributed by atoms with E-state index in [0.717, 1.165) is 19.1 Å². The standard InChI is InChI=1S/C12H16N2O3S/c1-18(16,17)11-4-2-3-8(5-11)12(15)14-10-6-9(13)7-10/h2-5,9-10H,6-7,13H2,1H3,(H,14,15). The molecular formula is C12H16N2O3S. The van der Waals surface area contributed by atoms with Crippen molar-refractivity contribution in [1.82, 2.24) is 5.32 Å². The minimum Gasteiger partial charge on any atom is -0.349 e. The van der Waals surface area contributed by atoms with Crippen molar-refractivity contribution in [2.45, 2.75) is 29.8 Å². The third kappa shape index (κ3) is 2.88. The van der Waals surface area contributed by atoms with Crippen LogP contribution in [0.1, 0.15) is 23.2 Å². The van der Waals surface area contributed by atoms with Crippen molar-refractivity contribution < 1.29 is 13.2 Å². The molecule has 1 fully saturated rings. The van der Waals surface area contributed by atoms with Crippen molar-refractivity contribution in [2.24, 2.45) is 5.73 Å². The molecular weight excluding hydrogens is 252 g/mol. The summed E-state index contributed by atoms with van der Waals surface area (Å²) in [6, 6.07) is 6.31. The fourth-order valence-corrected chi connectivity index (χ4v) is 2.58. The third-order valence-corrected chi connectivity index (χ3v) is 4.14. The molecule has 0 unspecified atom stereocenters. The van der Waals surface area contributed by atoms with Crippen LogP contribution < -0.4 is 11.1 Å². The van der Waals surface area contributed by atoms with Crippen molar-refractivity contribution in [3.05, 3.63) is 29.8 Å². The van der Waals surface area contributed by atoms with Gasteiger partial charge in [0.1, 0.15) is 0 Å². The van der Waals surface area contributed by atoms with Gasteiger partial charge in [-0.05, 0) is 31.0 Å². The molecule has 0 aliphatic heterocycles. The highest BCUT2D eigenvalue weighted by Gasteiger charge is 2.27. The lowest BCUT2D eigenvalue weighted by Crippen LogP contribution is -2.50. The summed E-state index contributed by atoms with van der Waals surface area (Å²) in [5.74, 6) is -0.252. The van der Waals surface area contributed by atoms with E-state index in [1.165, 1.54) is 12.1 Å². The van der Waals surface area contributed by atoms with Crippen molar-refractivity contribution >= 4 is 15.7 Å². The van der Waals surface area contributed by atoms with Gasteiger partial charge in [-0.15, -0.1) is 0 Å². The van der Waals surface area contributed by atoms with Crippen LogP contribution in [0, 0.1) is 0 Å². The van der Waals surface area contributed by atoms with E-state index in [2.05, 4.69) is 5.32 Å². The maximum Gasteiger partial charge on any atom is 0.251 e. The Balaban J connectivity index is 2.11. The minimum absolute atomic E-state index is 0.106. The first-order chi connectivity index (χ1) is 8.36. The molecule has 1 aliphatic rings. The first kappa shape index (κ1) is 13.0. The maximum absolute atomic E-state index is 11.9. The van der Waals surface area contributed by atoms with Gasteiger partial charge in [-0.1, -0.05) is 6.07 Å². The van der Waals surface area contributed by atoms with Gasteiger partial charge < -0.3 is 11.1 Å². The molecule has 0 heterocycles. The average Bonchev–Trinajstić information content (AvgIpc) is 2.26. The van der Waals surface area contributed by atoms with Crippen molar-refractivity contribution in [2.75, 3.05) is 6.26 Å². The predicted molar refractivity (Wildman–Crippen MR) is 68.0 cm³/mol. The van der Waals surface area contributed by atoms with Gasteiger partial charge in [0.15, 0.2) is 9.84 Å². The predicted octanol–water partition coefficient (Wildman–Crippen LogP) is 0.310. The number of nitrogens with two attached hydrogens (primary N) is 1. The van der Waals surface area contributed by atoms with Crippen LogP contribution in [0.3, 0.4) is 0 Å². The molecule has 6 heteroatoms. The molecule has 0 atom stereocenters. The molecule has 0 saturated heterocycles. The van der Waals surface area contributed by atoms with Crippen molar-refractivity contribution in [3.63, 3.8) is 0 Å². The van der Waals surface area contributed by atoms with E-state index in [4.69, 9.17) is 5.73 Å². The SMILES string of the molecule is CS(=O)(=O)c1cccc(C(=O)NC2CC(N)C2)c1. The number of nitrogens with one attached hydrogen (secondary N) is 1. The highest BCUT2D eigenvalue weighted by atomic mass is 32.2. The van der Waals surface area contributed by atoms with E-state index in [0.29, 0.717) is 5.56 Å². The second-order valence-corrected chi connectivity index (χ2v) is 6.72. The molecule has 0 aromatic heterocycles. The van der Waals surface area contributed by atoms with Crippen LogP contribution in [0.2, 0.25) is 0 Å². The summed E-state index contributed by atoms with van der Waals surface area (Å²) < 4.78 is 22.8. The molecule has 1 aliphatic carbocycles. The molecule has 1 amide bonds. The molecule has 18 heavy (non-hydrogen) atoms. The quantitative estimate of drug-likeness (QED) is 0.825. The van der Waals surface area contributed by atoms with Crippen LogP contribution in [0.5, 0.6) is 0 Å². The summed E-state index contributed by atoms with van der Waals surface area (Å²) in [5.41, 5.74) is 5.99. The Morgan fingerprint density at radius 1 is 1.39 bits per heavy atom. The van der Waals surface area contributed by atoms with Crippen LogP contribution in [-0.4, -0.2) is 32.7 Å². The van der Waals surface area contributed by atoms with Crippen LogP contribution in [0.25, 0.3) is 0 Å². The third-order valence-electron chi connectivity index (χ3n) is 3.03. The van der Waals surface area contributed by atoms with E-state index < -0.39 is 9.84 Å². The lowest BCUT2D eigenvalue weighted by molar-refractivity contribution is 0.0910. The summed E-state index contributed by atoms with van der Waals surface area (Å²) in [4.78, 5) is 12.0. The van der Waals surface area contributed by atoms with E-state index in [-0.39, 0.29) is 22.9 Å². The van der Waals surface area contributed by atoms with Gasteiger partial charge in [-0.25, -0.2) is 8.42 Å². The Kier molecular flexibility index (Phi) is 3.41. The molecule has 0 spiro atoms. The number of hydrogen-bond donors (Lipinski definition) is 2. The van der Waals surface area contributed by atoms with Crippen LogP contribution in [-0.2, 0) is 9.84 Å². The van der Waals surface area contributed by atoms with Gasteiger partial charge in [0.05, 0.1) is 4.90 Å². The number of amides is 1. The van der Waals surface area contributed by atoms with Gasteiger partial charge >= 0.3 is 0 Å². The Labute approximate surface area is 106 Å². The maximum atomic E-state index is 11.9. The van der Waals surface area contributed by atoms with E-state index in [9.17, 15) is 13.2 Å². The number of sulfone groups is 1. The molecule has 2 rings (SSSR count). The molecule has 5 nitrogen and oxygen atoms in total. The number of carbonyl (C=O) groups excluding carboxylic acids is 1. The fourth-order valence-electron chi connectivity index (χ4n) is 1.92. The topological polar surface area (TPSA) is 89.3 Å². The summed E-state index contributed by atoms with van der Waals surface area (Å²) in [6.45, 7) is 0. The molecule has 1 saturated carbocycles. The molecule has 0 bridgehead atoms. The molecule has 0 radical (unpaired) electrons.